The fourth-order valence-electron chi connectivity index (χ4n) is 1.87. The van der Waals surface area contributed by atoms with E-state index in [4.69, 9.17) is 5.26 Å². The summed E-state index contributed by atoms with van der Waals surface area (Å²) in [7, 11) is 0. The van der Waals surface area contributed by atoms with Crippen molar-refractivity contribution in [2.45, 2.75) is 20.4 Å². The van der Waals surface area contributed by atoms with E-state index in [0.717, 1.165) is 30.5 Å². The van der Waals surface area contributed by atoms with Crippen molar-refractivity contribution in [2.24, 2.45) is 0 Å². The summed E-state index contributed by atoms with van der Waals surface area (Å²) < 4.78 is 0. The fraction of sp³-hybridized carbons (Fsp3) is 0.333. The number of nitrogens with one attached hydrogen (secondary N) is 1. The maximum atomic E-state index is 8.76. The fourth-order valence-corrected chi connectivity index (χ4v) is 2.85. The third-order valence-corrected chi connectivity index (χ3v) is 4.11. The Morgan fingerprint density at radius 3 is 2.55 bits per heavy atom. The van der Waals surface area contributed by atoms with Gasteiger partial charge in [-0.15, -0.1) is 11.3 Å². The first kappa shape index (κ1) is 14.4. The second-order valence-corrected chi connectivity index (χ2v) is 5.42. The predicted octanol–water partition coefficient (Wildman–Crippen LogP) is 3.47. The van der Waals surface area contributed by atoms with Gasteiger partial charge in [-0.1, -0.05) is 0 Å². The largest absolute Gasteiger partial charge is 0.380 e. The van der Waals surface area contributed by atoms with Gasteiger partial charge in [-0.05, 0) is 38.1 Å². The monoisotopic (exact) mass is 286 g/mol. The van der Waals surface area contributed by atoms with Gasteiger partial charge in [0.15, 0.2) is 5.13 Å². The van der Waals surface area contributed by atoms with Gasteiger partial charge in [-0.2, -0.15) is 5.26 Å². The summed E-state index contributed by atoms with van der Waals surface area (Å²) >= 11 is 1.72. The molecule has 0 fully saturated rings. The molecule has 5 heteroatoms. The van der Waals surface area contributed by atoms with E-state index >= 15 is 0 Å². The lowest BCUT2D eigenvalue weighted by Gasteiger charge is -2.16. The number of hydrogen-bond acceptors (Lipinski definition) is 5. The highest BCUT2D eigenvalue weighted by Gasteiger charge is 2.07. The number of benzene rings is 1. The summed E-state index contributed by atoms with van der Waals surface area (Å²) in [6, 6.07) is 9.59. The Morgan fingerprint density at radius 2 is 1.95 bits per heavy atom. The first-order valence-electron chi connectivity index (χ1n) is 6.70. The first-order valence-corrected chi connectivity index (χ1v) is 7.52. The summed E-state index contributed by atoms with van der Waals surface area (Å²) in [6.07, 6.45) is 1.93. The molecule has 0 radical (unpaired) electrons. The third kappa shape index (κ3) is 3.49. The maximum Gasteiger partial charge on any atom is 0.185 e. The Kier molecular flexibility index (Phi) is 4.97. The molecule has 2 aromatic rings. The number of rotatable bonds is 6. The number of anilines is 2. The quantitative estimate of drug-likeness (QED) is 0.883. The van der Waals surface area contributed by atoms with E-state index in [-0.39, 0.29) is 0 Å². The van der Waals surface area contributed by atoms with Crippen molar-refractivity contribution < 1.29 is 0 Å². The molecular weight excluding hydrogens is 268 g/mol. The molecule has 4 nitrogen and oxygen atoms in total. The van der Waals surface area contributed by atoms with Gasteiger partial charge in [0.1, 0.15) is 0 Å². The highest BCUT2D eigenvalue weighted by molar-refractivity contribution is 7.15. The third-order valence-electron chi connectivity index (χ3n) is 3.06. The average Bonchev–Trinajstić information content (AvgIpc) is 2.96. The van der Waals surface area contributed by atoms with E-state index in [1.165, 1.54) is 4.88 Å². The lowest BCUT2D eigenvalue weighted by Crippen LogP contribution is -2.21. The second-order valence-electron chi connectivity index (χ2n) is 4.32. The molecule has 20 heavy (non-hydrogen) atoms. The molecule has 0 aliphatic heterocycles. The topological polar surface area (TPSA) is 52.0 Å². The number of nitrogens with zero attached hydrogens (tertiary/aromatic N) is 3. The molecule has 0 aliphatic rings. The minimum absolute atomic E-state index is 0.678. The summed E-state index contributed by atoms with van der Waals surface area (Å²) in [6.45, 7) is 6.99. The van der Waals surface area contributed by atoms with Gasteiger partial charge < -0.3 is 10.2 Å². The van der Waals surface area contributed by atoms with Crippen molar-refractivity contribution in [2.75, 3.05) is 23.3 Å². The highest BCUT2D eigenvalue weighted by atomic mass is 32.1. The molecule has 0 spiro atoms. The van der Waals surface area contributed by atoms with Gasteiger partial charge in [0.25, 0.3) is 0 Å². The molecule has 0 bridgehead atoms. The van der Waals surface area contributed by atoms with Crippen molar-refractivity contribution >= 4 is 22.2 Å². The highest BCUT2D eigenvalue weighted by Crippen LogP contribution is 2.23. The summed E-state index contributed by atoms with van der Waals surface area (Å²) in [5.74, 6) is 0. The molecule has 1 aromatic heterocycles. The molecule has 104 valence electrons. The zero-order valence-corrected chi connectivity index (χ0v) is 12.6. The van der Waals surface area contributed by atoms with E-state index in [0.29, 0.717) is 5.56 Å². The van der Waals surface area contributed by atoms with Crippen LogP contribution in [0.15, 0.2) is 30.5 Å². The standard InChI is InChI=1S/C15H18N4S/c1-3-19(4-2)15-18-11-14(20-15)10-17-13-7-5-12(9-16)6-8-13/h5-8,11,17H,3-4,10H2,1-2H3. The van der Waals surface area contributed by atoms with Crippen LogP contribution in [0.1, 0.15) is 24.3 Å². The molecule has 0 atom stereocenters. The van der Waals surface area contributed by atoms with Crippen molar-refractivity contribution in [1.29, 1.82) is 5.26 Å². The van der Waals surface area contributed by atoms with Crippen LogP contribution in [0, 0.1) is 11.3 Å². The van der Waals surface area contributed by atoms with Crippen LogP contribution in [-0.2, 0) is 6.54 Å². The van der Waals surface area contributed by atoms with Gasteiger partial charge >= 0.3 is 0 Å². The van der Waals surface area contributed by atoms with E-state index in [1.807, 2.05) is 30.5 Å². The molecule has 0 amide bonds. The first-order chi connectivity index (χ1) is 9.76. The Bertz CT molecular complexity index is 579. The van der Waals surface area contributed by atoms with Crippen LogP contribution in [-0.4, -0.2) is 18.1 Å². The van der Waals surface area contributed by atoms with Crippen molar-refractivity contribution in [3.63, 3.8) is 0 Å². The van der Waals surface area contributed by atoms with E-state index in [2.05, 4.69) is 35.1 Å². The number of thiazole rings is 1. The smallest absolute Gasteiger partial charge is 0.185 e. The summed E-state index contributed by atoms with van der Waals surface area (Å²) in [4.78, 5) is 7.91. The van der Waals surface area contributed by atoms with Crippen LogP contribution in [0.5, 0.6) is 0 Å². The molecule has 0 aliphatic carbocycles. The molecular formula is C15H18N4S. The van der Waals surface area contributed by atoms with Gasteiger partial charge in [0, 0.05) is 29.9 Å². The Labute approximate surface area is 123 Å². The lowest BCUT2D eigenvalue weighted by atomic mass is 10.2. The minimum Gasteiger partial charge on any atom is -0.380 e. The Balaban J connectivity index is 1.95. The average molecular weight is 286 g/mol. The molecule has 1 N–H and O–H groups in total. The van der Waals surface area contributed by atoms with E-state index < -0.39 is 0 Å². The normalized spacial score (nSPS) is 10.1. The van der Waals surface area contributed by atoms with Crippen LogP contribution in [0.3, 0.4) is 0 Å². The molecule has 1 heterocycles. The van der Waals surface area contributed by atoms with E-state index in [9.17, 15) is 0 Å². The van der Waals surface area contributed by atoms with Crippen LogP contribution in [0.4, 0.5) is 10.8 Å². The van der Waals surface area contributed by atoms with Crippen molar-refractivity contribution in [1.82, 2.24) is 4.98 Å². The van der Waals surface area contributed by atoms with Gasteiger partial charge in [0.2, 0.25) is 0 Å². The maximum absolute atomic E-state index is 8.76. The predicted molar refractivity (Wildman–Crippen MR) is 84.2 cm³/mol. The number of aromatic nitrogens is 1. The minimum atomic E-state index is 0.678. The van der Waals surface area contributed by atoms with Crippen LogP contribution in [0.25, 0.3) is 0 Å². The van der Waals surface area contributed by atoms with Crippen molar-refractivity contribution in [3.05, 3.63) is 40.9 Å². The molecule has 0 saturated carbocycles. The Morgan fingerprint density at radius 1 is 1.25 bits per heavy atom. The summed E-state index contributed by atoms with van der Waals surface area (Å²) in [5.41, 5.74) is 1.69. The van der Waals surface area contributed by atoms with Crippen LogP contribution in [0.2, 0.25) is 0 Å². The SMILES string of the molecule is CCN(CC)c1ncc(CNc2ccc(C#N)cc2)s1. The zero-order valence-electron chi connectivity index (χ0n) is 11.8. The molecule has 2 rings (SSSR count). The van der Waals surface area contributed by atoms with Gasteiger partial charge in [-0.3, -0.25) is 0 Å². The second kappa shape index (κ2) is 6.92. The zero-order chi connectivity index (χ0) is 14.4. The van der Waals surface area contributed by atoms with Crippen molar-refractivity contribution in [3.8, 4) is 6.07 Å². The van der Waals surface area contributed by atoms with Crippen LogP contribution >= 0.6 is 11.3 Å². The van der Waals surface area contributed by atoms with Gasteiger partial charge in [0.05, 0.1) is 18.2 Å². The molecule has 1 aromatic carbocycles. The van der Waals surface area contributed by atoms with Crippen LogP contribution < -0.4 is 10.2 Å². The molecule has 0 saturated heterocycles. The van der Waals surface area contributed by atoms with Gasteiger partial charge in [-0.25, -0.2) is 4.98 Å². The Hall–Kier alpha value is -2.06. The number of hydrogen-bond donors (Lipinski definition) is 1. The molecule has 0 unspecified atom stereocenters. The summed E-state index contributed by atoms with van der Waals surface area (Å²) in [5, 5.41) is 13.2. The number of nitriles is 1. The lowest BCUT2D eigenvalue weighted by molar-refractivity contribution is 0.860. The van der Waals surface area contributed by atoms with E-state index in [1.54, 1.807) is 11.3 Å².